The van der Waals surface area contributed by atoms with Gasteiger partial charge in [-0.2, -0.15) is 10.2 Å². The first-order valence-electron chi connectivity index (χ1n) is 6.16. The maximum Gasteiger partial charge on any atom is 0.211 e. The monoisotopic (exact) mass is 262 g/mol. The predicted molar refractivity (Wildman–Crippen MR) is 70.4 cm³/mol. The Labute approximate surface area is 112 Å². The van der Waals surface area contributed by atoms with Gasteiger partial charge in [0.25, 0.3) is 0 Å². The van der Waals surface area contributed by atoms with Crippen molar-refractivity contribution in [3.05, 3.63) is 29.7 Å². The van der Waals surface area contributed by atoms with Crippen molar-refractivity contribution in [2.24, 2.45) is 7.05 Å². The highest BCUT2D eigenvalue weighted by molar-refractivity contribution is 5.95. The molecule has 0 saturated heterocycles. The van der Waals surface area contributed by atoms with Crippen molar-refractivity contribution in [2.45, 2.75) is 26.3 Å². The molecule has 0 aromatic carbocycles. The Balaban J connectivity index is 2.11. The molecule has 0 atom stereocenters. The van der Waals surface area contributed by atoms with Crippen molar-refractivity contribution in [3.8, 4) is 5.88 Å². The fourth-order valence-corrected chi connectivity index (χ4v) is 1.79. The summed E-state index contributed by atoms with van der Waals surface area (Å²) in [6.45, 7) is 4.09. The van der Waals surface area contributed by atoms with Gasteiger partial charge in [0.15, 0.2) is 5.78 Å². The van der Waals surface area contributed by atoms with Gasteiger partial charge in [-0.05, 0) is 19.9 Å². The molecule has 2 aromatic rings. The molecule has 0 unspecified atom stereocenters. The lowest BCUT2D eigenvalue weighted by atomic mass is 10.2. The molecule has 2 aromatic heterocycles. The van der Waals surface area contributed by atoms with Crippen molar-refractivity contribution in [1.82, 2.24) is 19.6 Å². The number of rotatable bonds is 5. The summed E-state index contributed by atoms with van der Waals surface area (Å²) >= 11 is 0. The maximum absolute atomic E-state index is 12.1. The van der Waals surface area contributed by atoms with E-state index in [2.05, 4.69) is 10.2 Å². The molecule has 0 radical (unpaired) electrons. The Kier molecular flexibility index (Phi) is 3.69. The van der Waals surface area contributed by atoms with Crippen LogP contribution in [-0.4, -0.2) is 32.5 Å². The highest BCUT2D eigenvalue weighted by Crippen LogP contribution is 2.13. The van der Waals surface area contributed by atoms with Crippen LogP contribution >= 0.6 is 0 Å². The molecule has 6 nitrogen and oxygen atoms in total. The Bertz CT molecular complexity index is 583. The van der Waals surface area contributed by atoms with Crippen molar-refractivity contribution in [1.29, 1.82) is 0 Å². The van der Waals surface area contributed by atoms with E-state index < -0.39 is 0 Å². The maximum atomic E-state index is 12.1. The van der Waals surface area contributed by atoms with E-state index in [0.717, 1.165) is 5.69 Å². The average Bonchev–Trinajstić information content (AvgIpc) is 2.95. The molecule has 0 aliphatic rings. The van der Waals surface area contributed by atoms with Crippen LogP contribution in [0.1, 0.15) is 36.1 Å². The lowest BCUT2D eigenvalue weighted by molar-refractivity contribution is 0.0986. The topological polar surface area (TPSA) is 61.9 Å². The van der Waals surface area contributed by atoms with Gasteiger partial charge >= 0.3 is 0 Å². The molecule has 0 fully saturated rings. The molecule has 0 amide bonds. The van der Waals surface area contributed by atoms with Crippen LogP contribution < -0.4 is 4.74 Å². The second-order valence-electron chi connectivity index (χ2n) is 4.68. The molecule has 19 heavy (non-hydrogen) atoms. The zero-order chi connectivity index (χ0) is 14.0. The van der Waals surface area contributed by atoms with Gasteiger partial charge in [-0.3, -0.25) is 9.48 Å². The minimum Gasteiger partial charge on any atom is -0.481 e. The first kappa shape index (κ1) is 13.3. The number of ketones is 1. The first-order valence-corrected chi connectivity index (χ1v) is 6.16. The largest absolute Gasteiger partial charge is 0.481 e. The van der Waals surface area contributed by atoms with E-state index in [0.29, 0.717) is 17.6 Å². The number of aromatic nitrogens is 4. The Morgan fingerprint density at radius 1 is 1.42 bits per heavy atom. The van der Waals surface area contributed by atoms with Crippen molar-refractivity contribution < 1.29 is 9.53 Å². The average molecular weight is 262 g/mol. The van der Waals surface area contributed by atoms with Crippen molar-refractivity contribution in [2.75, 3.05) is 7.11 Å². The second-order valence-corrected chi connectivity index (χ2v) is 4.68. The molecule has 0 saturated carbocycles. The summed E-state index contributed by atoms with van der Waals surface area (Å²) < 4.78 is 8.47. The lowest BCUT2D eigenvalue weighted by Gasteiger charge is -2.03. The zero-order valence-corrected chi connectivity index (χ0v) is 11.6. The van der Waals surface area contributed by atoms with E-state index in [1.54, 1.807) is 24.9 Å². The van der Waals surface area contributed by atoms with Gasteiger partial charge in [-0.25, -0.2) is 4.68 Å². The summed E-state index contributed by atoms with van der Waals surface area (Å²) in [4.78, 5) is 12.1. The van der Waals surface area contributed by atoms with Gasteiger partial charge in [0, 0.05) is 25.4 Å². The van der Waals surface area contributed by atoms with Crippen LogP contribution in [0.25, 0.3) is 0 Å². The molecule has 0 aliphatic heterocycles. The van der Waals surface area contributed by atoms with Crippen LogP contribution in [0.5, 0.6) is 5.88 Å². The molecular weight excluding hydrogens is 244 g/mol. The SMILES string of the molecule is COc1cc(C(=O)Cc2ccn(C(C)C)n2)nn1C. The van der Waals surface area contributed by atoms with Gasteiger partial charge in [0.1, 0.15) is 5.69 Å². The number of ether oxygens (including phenoxy) is 1. The fraction of sp³-hybridized carbons (Fsp3) is 0.462. The van der Waals surface area contributed by atoms with E-state index in [1.165, 1.54) is 0 Å². The number of hydrogen-bond donors (Lipinski definition) is 0. The Hall–Kier alpha value is -2.11. The summed E-state index contributed by atoms with van der Waals surface area (Å²) in [5.41, 5.74) is 1.15. The van der Waals surface area contributed by atoms with Crippen LogP contribution in [0.2, 0.25) is 0 Å². The van der Waals surface area contributed by atoms with Crippen LogP contribution in [0.3, 0.4) is 0 Å². The van der Waals surface area contributed by atoms with E-state index in [1.807, 2.05) is 30.8 Å². The number of carbonyl (C=O) groups is 1. The molecule has 0 N–H and O–H groups in total. The van der Waals surface area contributed by atoms with E-state index in [4.69, 9.17) is 4.74 Å². The third kappa shape index (κ3) is 2.83. The lowest BCUT2D eigenvalue weighted by Crippen LogP contribution is -2.07. The summed E-state index contributed by atoms with van der Waals surface area (Å²) in [7, 11) is 3.29. The number of aryl methyl sites for hydroxylation is 1. The van der Waals surface area contributed by atoms with Gasteiger partial charge < -0.3 is 4.74 Å². The highest BCUT2D eigenvalue weighted by atomic mass is 16.5. The number of methoxy groups -OCH3 is 1. The van der Waals surface area contributed by atoms with E-state index in [-0.39, 0.29) is 12.2 Å². The Morgan fingerprint density at radius 2 is 2.16 bits per heavy atom. The van der Waals surface area contributed by atoms with Crippen LogP contribution in [0.4, 0.5) is 0 Å². The molecular formula is C13H18N4O2. The summed E-state index contributed by atoms with van der Waals surface area (Å²) in [6.07, 6.45) is 2.13. The molecule has 0 bridgehead atoms. The van der Waals surface area contributed by atoms with E-state index >= 15 is 0 Å². The highest BCUT2D eigenvalue weighted by Gasteiger charge is 2.15. The molecule has 6 heteroatoms. The quantitative estimate of drug-likeness (QED) is 0.768. The normalized spacial score (nSPS) is 11.0. The number of carbonyl (C=O) groups excluding carboxylic acids is 1. The van der Waals surface area contributed by atoms with Crippen LogP contribution in [0.15, 0.2) is 18.3 Å². The van der Waals surface area contributed by atoms with Gasteiger partial charge in [-0.15, -0.1) is 0 Å². The minimum atomic E-state index is -0.0621. The van der Waals surface area contributed by atoms with Crippen LogP contribution in [0, 0.1) is 0 Å². The molecule has 0 spiro atoms. The smallest absolute Gasteiger partial charge is 0.211 e. The van der Waals surface area contributed by atoms with Gasteiger partial charge in [0.2, 0.25) is 5.88 Å². The number of Topliss-reactive ketones (excluding diaryl/α,β-unsaturated/α-hetero) is 1. The second kappa shape index (κ2) is 5.26. The number of nitrogens with zero attached hydrogens (tertiary/aromatic N) is 4. The zero-order valence-electron chi connectivity index (χ0n) is 11.6. The first-order chi connectivity index (χ1) is 9.01. The van der Waals surface area contributed by atoms with Crippen molar-refractivity contribution >= 4 is 5.78 Å². The van der Waals surface area contributed by atoms with Gasteiger partial charge in [0.05, 0.1) is 19.2 Å². The van der Waals surface area contributed by atoms with E-state index in [9.17, 15) is 4.79 Å². The Morgan fingerprint density at radius 3 is 2.68 bits per heavy atom. The fourth-order valence-electron chi connectivity index (χ4n) is 1.79. The molecule has 2 heterocycles. The third-order valence-electron chi connectivity index (χ3n) is 2.87. The summed E-state index contributed by atoms with van der Waals surface area (Å²) in [6, 6.07) is 3.79. The van der Waals surface area contributed by atoms with Crippen molar-refractivity contribution in [3.63, 3.8) is 0 Å². The molecule has 102 valence electrons. The predicted octanol–water partition coefficient (Wildman–Crippen LogP) is 1.63. The molecule has 2 rings (SSSR count). The summed E-state index contributed by atoms with van der Waals surface area (Å²) in [5.74, 6) is 0.504. The number of hydrogen-bond acceptors (Lipinski definition) is 4. The minimum absolute atomic E-state index is 0.0621. The third-order valence-corrected chi connectivity index (χ3v) is 2.87. The van der Waals surface area contributed by atoms with Crippen LogP contribution in [-0.2, 0) is 13.5 Å². The standard InChI is InChI=1S/C13H18N4O2/c1-9(2)17-6-5-10(14-17)7-12(18)11-8-13(19-4)16(3)15-11/h5-6,8-9H,7H2,1-4H3. The molecule has 0 aliphatic carbocycles. The van der Waals surface area contributed by atoms with Gasteiger partial charge in [-0.1, -0.05) is 0 Å². The summed E-state index contributed by atoms with van der Waals surface area (Å²) in [5, 5.41) is 8.48.